The van der Waals surface area contributed by atoms with Gasteiger partial charge < -0.3 is 9.64 Å². The van der Waals surface area contributed by atoms with Gasteiger partial charge in [0.05, 0.1) is 18.0 Å². The van der Waals surface area contributed by atoms with Crippen LogP contribution < -0.4 is 14.2 Å². The quantitative estimate of drug-likeness (QED) is 0.108. The van der Waals surface area contributed by atoms with E-state index in [0.29, 0.717) is 6.54 Å². The molecule has 0 radical (unpaired) electrons. The van der Waals surface area contributed by atoms with Gasteiger partial charge in [0.25, 0.3) is 0 Å². The third kappa shape index (κ3) is 11.4. The predicted molar refractivity (Wildman–Crippen MR) is 169 cm³/mol. The molecule has 40 heavy (non-hydrogen) atoms. The van der Waals surface area contributed by atoms with Gasteiger partial charge in [0.1, 0.15) is 5.75 Å². The molecule has 0 saturated heterocycles. The van der Waals surface area contributed by atoms with Gasteiger partial charge in [-0.2, -0.15) is 4.57 Å². The van der Waals surface area contributed by atoms with E-state index in [-0.39, 0.29) is 5.91 Å². The number of carbonyl (C=O) groups is 1. The first-order valence-electron chi connectivity index (χ1n) is 15.5. The number of benzene rings is 2. The van der Waals surface area contributed by atoms with Crippen molar-refractivity contribution >= 4 is 22.9 Å². The summed E-state index contributed by atoms with van der Waals surface area (Å²) in [5.41, 5.74) is 6.47. The number of ether oxygens (including phenoxy) is 1. The van der Waals surface area contributed by atoms with Crippen LogP contribution in [-0.2, 0) is 17.9 Å². The van der Waals surface area contributed by atoms with Crippen LogP contribution in [-0.4, -0.2) is 12.5 Å². The minimum absolute atomic E-state index is 0.0320. The van der Waals surface area contributed by atoms with Crippen LogP contribution in [0.1, 0.15) is 112 Å². The zero-order chi connectivity index (χ0) is 28.6. The Morgan fingerprint density at radius 3 is 2.17 bits per heavy atom. The van der Waals surface area contributed by atoms with Crippen LogP contribution >= 0.6 is 11.3 Å². The highest BCUT2D eigenvalue weighted by atomic mass is 32.1. The van der Waals surface area contributed by atoms with Crippen LogP contribution in [0.15, 0.2) is 54.2 Å². The highest BCUT2D eigenvalue weighted by Crippen LogP contribution is 2.26. The summed E-state index contributed by atoms with van der Waals surface area (Å²) < 4.78 is 8.46. The van der Waals surface area contributed by atoms with Crippen molar-refractivity contribution in [1.82, 2.24) is 0 Å². The molecule has 2 aromatic carbocycles. The first-order chi connectivity index (χ1) is 19.5. The van der Waals surface area contributed by atoms with Gasteiger partial charge in [-0.25, -0.2) is 0 Å². The van der Waals surface area contributed by atoms with E-state index in [1.807, 2.05) is 17.0 Å². The SMILES string of the molecule is CCCCCCCCCCCCCCOc1ccc(C)cc1CN(C(C)=O)c1cccc(C[n+]2csc(C)c2)c1. The lowest BCUT2D eigenvalue weighted by Gasteiger charge is -2.23. The molecule has 0 aliphatic carbocycles. The van der Waals surface area contributed by atoms with Crippen LogP contribution in [0.4, 0.5) is 5.69 Å². The van der Waals surface area contributed by atoms with Gasteiger partial charge >= 0.3 is 0 Å². The number of nitrogens with zero attached hydrogens (tertiary/aromatic N) is 2. The second-order valence-corrected chi connectivity index (χ2v) is 12.3. The molecule has 0 saturated carbocycles. The van der Waals surface area contributed by atoms with Crippen LogP contribution in [0.3, 0.4) is 0 Å². The van der Waals surface area contributed by atoms with Crippen molar-refractivity contribution in [2.75, 3.05) is 11.5 Å². The molecule has 1 aromatic heterocycles. The molecule has 4 nitrogen and oxygen atoms in total. The van der Waals surface area contributed by atoms with Gasteiger partial charge in [0.15, 0.2) is 12.7 Å². The van der Waals surface area contributed by atoms with E-state index in [2.05, 4.69) is 67.4 Å². The third-order valence-corrected chi connectivity index (χ3v) is 8.34. The molecular formula is C35H51N2O2S+. The number of thiazole rings is 1. The van der Waals surface area contributed by atoms with Crippen molar-refractivity contribution in [3.63, 3.8) is 0 Å². The minimum Gasteiger partial charge on any atom is -0.493 e. The number of anilines is 1. The van der Waals surface area contributed by atoms with Gasteiger partial charge in [0, 0.05) is 23.7 Å². The van der Waals surface area contributed by atoms with Gasteiger partial charge in [-0.15, -0.1) is 0 Å². The number of carbonyl (C=O) groups excluding carboxylic acids is 1. The maximum atomic E-state index is 12.8. The fourth-order valence-electron chi connectivity index (χ4n) is 5.21. The molecule has 0 fully saturated rings. The Bertz CT molecular complexity index is 1160. The Balaban J connectivity index is 1.48. The summed E-state index contributed by atoms with van der Waals surface area (Å²) in [4.78, 5) is 15.9. The van der Waals surface area contributed by atoms with Crippen molar-refractivity contribution in [3.8, 4) is 5.75 Å². The van der Waals surface area contributed by atoms with E-state index in [0.717, 1.165) is 36.6 Å². The third-order valence-electron chi connectivity index (χ3n) is 7.49. The zero-order valence-corrected chi connectivity index (χ0v) is 26.2. The van der Waals surface area contributed by atoms with Crippen molar-refractivity contribution in [2.45, 2.75) is 118 Å². The van der Waals surface area contributed by atoms with Crippen LogP contribution in [0.25, 0.3) is 0 Å². The number of aromatic nitrogens is 1. The average Bonchev–Trinajstić information content (AvgIpc) is 3.35. The summed E-state index contributed by atoms with van der Waals surface area (Å²) in [5.74, 6) is 0.921. The number of unbranched alkanes of at least 4 members (excludes halogenated alkanes) is 11. The Kier molecular flexibility index (Phi) is 14.3. The van der Waals surface area contributed by atoms with E-state index in [1.54, 1.807) is 18.3 Å². The van der Waals surface area contributed by atoms with Crippen LogP contribution in [0, 0.1) is 13.8 Å². The molecule has 5 heteroatoms. The molecule has 3 rings (SSSR count). The molecule has 0 bridgehead atoms. The molecule has 1 heterocycles. The Labute approximate surface area is 247 Å². The Morgan fingerprint density at radius 2 is 1.55 bits per heavy atom. The standard InChI is InChI=1S/C35H51N2O2S/c1-5-6-7-8-9-10-11-12-13-14-15-16-22-39-35-21-20-29(2)23-33(35)27-37(31(4)38)34-19-17-18-32(24-34)26-36-25-30(3)40-28-36/h17-21,23-25,28H,5-16,22,26-27H2,1-4H3/q+1. The summed E-state index contributed by atoms with van der Waals surface area (Å²) in [6, 6.07) is 14.6. The molecule has 0 spiro atoms. The van der Waals surface area contributed by atoms with E-state index in [9.17, 15) is 4.79 Å². The van der Waals surface area contributed by atoms with Crippen molar-refractivity contribution in [3.05, 3.63) is 75.7 Å². The first kappa shape index (κ1) is 31.9. The molecule has 0 N–H and O–H groups in total. The minimum atomic E-state index is 0.0320. The fourth-order valence-corrected chi connectivity index (χ4v) is 5.85. The monoisotopic (exact) mass is 563 g/mol. The van der Waals surface area contributed by atoms with Crippen LogP contribution in [0.5, 0.6) is 5.75 Å². The maximum Gasteiger partial charge on any atom is 0.225 e. The summed E-state index contributed by atoms with van der Waals surface area (Å²) in [7, 11) is 0. The summed E-state index contributed by atoms with van der Waals surface area (Å²) in [6.07, 6.45) is 18.2. The van der Waals surface area contributed by atoms with Gasteiger partial charge in [-0.3, -0.25) is 4.79 Å². The fraction of sp³-hybridized carbons (Fsp3) is 0.543. The van der Waals surface area contributed by atoms with Gasteiger partial charge in [-0.05, 0) is 38.5 Å². The normalized spacial score (nSPS) is 11.1. The zero-order valence-electron chi connectivity index (χ0n) is 25.4. The molecule has 1 amide bonds. The number of aryl methyl sites for hydroxylation is 2. The number of hydrogen-bond donors (Lipinski definition) is 0. The lowest BCUT2D eigenvalue weighted by Crippen LogP contribution is -2.31. The molecule has 3 aromatic rings. The highest BCUT2D eigenvalue weighted by molar-refractivity contribution is 7.09. The lowest BCUT2D eigenvalue weighted by atomic mass is 10.1. The van der Waals surface area contributed by atoms with Crippen molar-refractivity contribution < 1.29 is 14.1 Å². The number of rotatable bonds is 19. The smallest absolute Gasteiger partial charge is 0.225 e. The average molecular weight is 564 g/mol. The topological polar surface area (TPSA) is 33.4 Å². The molecule has 218 valence electrons. The van der Waals surface area contributed by atoms with Crippen LogP contribution in [0.2, 0.25) is 0 Å². The number of hydrogen-bond acceptors (Lipinski definition) is 3. The molecule has 0 atom stereocenters. The molecule has 0 aliphatic heterocycles. The predicted octanol–water partition coefficient (Wildman–Crippen LogP) is 9.33. The first-order valence-corrected chi connectivity index (χ1v) is 16.4. The maximum absolute atomic E-state index is 12.8. The van der Waals surface area contributed by atoms with E-state index < -0.39 is 0 Å². The summed E-state index contributed by atoms with van der Waals surface area (Å²) in [5, 5.41) is 0. The second-order valence-electron chi connectivity index (χ2n) is 11.3. The highest BCUT2D eigenvalue weighted by Gasteiger charge is 2.17. The van der Waals surface area contributed by atoms with E-state index in [1.165, 1.54) is 86.6 Å². The molecule has 0 aliphatic rings. The van der Waals surface area contributed by atoms with E-state index >= 15 is 0 Å². The molecular weight excluding hydrogens is 512 g/mol. The van der Waals surface area contributed by atoms with Gasteiger partial charge in [0.2, 0.25) is 11.4 Å². The molecule has 0 unspecified atom stereocenters. The van der Waals surface area contributed by atoms with Crippen molar-refractivity contribution in [1.29, 1.82) is 0 Å². The Hall–Kier alpha value is -2.66. The van der Waals surface area contributed by atoms with Crippen molar-refractivity contribution in [2.24, 2.45) is 0 Å². The summed E-state index contributed by atoms with van der Waals surface area (Å²) >= 11 is 1.75. The second kappa shape index (κ2) is 17.9. The lowest BCUT2D eigenvalue weighted by molar-refractivity contribution is -0.683. The Morgan fingerprint density at radius 1 is 0.875 bits per heavy atom. The summed E-state index contributed by atoms with van der Waals surface area (Å²) in [6.45, 7) is 10.2. The number of amides is 1. The van der Waals surface area contributed by atoms with Gasteiger partial charge in [-0.1, -0.05) is 119 Å². The largest absolute Gasteiger partial charge is 0.493 e. The van der Waals surface area contributed by atoms with E-state index in [4.69, 9.17) is 4.74 Å².